The number of aliphatic imine (C=N–C) groups is 1. The molecule has 1 aliphatic heterocycles. The number of hydrogen-bond acceptors (Lipinski definition) is 3. The quantitative estimate of drug-likeness (QED) is 0.313. The first-order valence-electron chi connectivity index (χ1n) is 10.0. The van der Waals surface area contributed by atoms with E-state index < -0.39 is 11.7 Å². The Balaban J connectivity index is 0.00000341. The summed E-state index contributed by atoms with van der Waals surface area (Å²) in [5.41, 5.74) is 8.23. The Morgan fingerprint density at radius 1 is 1.16 bits per heavy atom. The number of rotatable bonds is 6. The number of nitrogens with one attached hydrogen (secondary N) is 1. The van der Waals surface area contributed by atoms with Gasteiger partial charge in [0.25, 0.3) is 0 Å². The van der Waals surface area contributed by atoms with E-state index in [0.717, 1.165) is 29.8 Å². The third-order valence-electron chi connectivity index (χ3n) is 5.15. The molecule has 5 nitrogen and oxygen atoms in total. The summed E-state index contributed by atoms with van der Waals surface area (Å²) in [4.78, 5) is 6.64. The van der Waals surface area contributed by atoms with E-state index in [1.807, 2.05) is 24.3 Å². The van der Waals surface area contributed by atoms with E-state index in [1.165, 1.54) is 17.7 Å². The first-order valence-corrected chi connectivity index (χ1v) is 10.0. The first kappa shape index (κ1) is 25.4. The Hall–Kier alpha value is -1.85. The molecule has 0 radical (unpaired) electrons. The van der Waals surface area contributed by atoms with Gasteiger partial charge in [0.1, 0.15) is 0 Å². The molecular weight excluding hydrogens is 520 g/mol. The second-order valence-electron chi connectivity index (χ2n) is 7.19. The molecule has 31 heavy (non-hydrogen) atoms. The number of guanidine groups is 1. The van der Waals surface area contributed by atoms with Crippen molar-refractivity contribution in [3.05, 3.63) is 65.2 Å². The van der Waals surface area contributed by atoms with Crippen molar-refractivity contribution in [1.29, 1.82) is 0 Å². The average molecular weight is 548 g/mol. The Labute approximate surface area is 197 Å². The molecule has 0 saturated carbocycles. The van der Waals surface area contributed by atoms with Crippen LogP contribution in [0.3, 0.4) is 0 Å². The van der Waals surface area contributed by atoms with E-state index in [0.29, 0.717) is 32.8 Å². The van der Waals surface area contributed by atoms with Crippen LogP contribution in [0, 0.1) is 0 Å². The van der Waals surface area contributed by atoms with Crippen molar-refractivity contribution in [2.75, 3.05) is 38.2 Å². The van der Waals surface area contributed by atoms with E-state index in [1.54, 1.807) is 0 Å². The largest absolute Gasteiger partial charge is 0.416 e. The van der Waals surface area contributed by atoms with Gasteiger partial charge in [-0.1, -0.05) is 31.2 Å². The van der Waals surface area contributed by atoms with Gasteiger partial charge in [0.15, 0.2) is 5.96 Å². The minimum atomic E-state index is -4.35. The van der Waals surface area contributed by atoms with Crippen LogP contribution >= 0.6 is 24.0 Å². The standard InChI is InChI=1S/C22H27F3N4O.HI/c1-2-16-4-3-5-19(14-16)28-21(26)27-15-20(29-10-12-30-13-11-29)17-6-8-18(9-7-17)22(23,24)25;/h3-9,14,20H,2,10-13,15H2,1H3,(H3,26,27,28);1H. The van der Waals surface area contributed by atoms with Crippen molar-refractivity contribution in [1.82, 2.24) is 4.90 Å². The number of alkyl halides is 3. The highest BCUT2D eigenvalue weighted by Crippen LogP contribution is 2.31. The lowest BCUT2D eigenvalue weighted by Gasteiger charge is -2.34. The van der Waals surface area contributed by atoms with Crippen LogP contribution < -0.4 is 11.1 Å². The van der Waals surface area contributed by atoms with Crippen LogP contribution in [0.15, 0.2) is 53.5 Å². The SMILES string of the molecule is CCc1cccc(NC(N)=NCC(c2ccc(C(F)(F)F)cc2)N2CCOCC2)c1.I. The zero-order chi connectivity index (χ0) is 21.6. The molecule has 2 aromatic rings. The Morgan fingerprint density at radius 2 is 1.84 bits per heavy atom. The van der Waals surface area contributed by atoms with Crippen molar-refractivity contribution < 1.29 is 17.9 Å². The number of ether oxygens (including phenoxy) is 1. The monoisotopic (exact) mass is 548 g/mol. The van der Waals surface area contributed by atoms with Crippen molar-refractivity contribution in [3.8, 4) is 0 Å². The van der Waals surface area contributed by atoms with Crippen molar-refractivity contribution in [2.24, 2.45) is 10.7 Å². The average Bonchev–Trinajstić information content (AvgIpc) is 2.74. The van der Waals surface area contributed by atoms with Gasteiger partial charge < -0.3 is 15.8 Å². The molecule has 3 N–H and O–H groups in total. The Kier molecular flexibility index (Phi) is 9.57. The third kappa shape index (κ3) is 7.36. The van der Waals surface area contributed by atoms with Gasteiger partial charge in [0, 0.05) is 18.8 Å². The number of morpholine rings is 1. The van der Waals surface area contributed by atoms with Crippen LogP contribution in [0.1, 0.15) is 29.7 Å². The van der Waals surface area contributed by atoms with Crippen LogP contribution in [0.25, 0.3) is 0 Å². The van der Waals surface area contributed by atoms with Gasteiger partial charge in [-0.05, 0) is 41.8 Å². The highest BCUT2D eigenvalue weighted by atomic mass is 127. The maximum Gasteiger partial charge on any atom is 0.416 e. The van der Waals surface area contributed by atoms with E-state index >= 15 is 0 Å². The normalized spacial score (nSPS) is 16.5. The number of nitrogens with zero attached hydrogens (tertiary/aromatic N) is 2. The zero-order valence-corrected chi connectivity index (χ0v) is 19.7. The topological polar surface area (TPSA) is 62.9 Å². The van der Waals surface area contributed by atoms with Crippen LogP contribution in [0.5, 0.6) is 0 Å². The third-order valence-corrected chi connectivity index (χ3v) is 5.15. The Morgan fingerprint density at radius 3 is 2.45 bits per heavy atom. The molecule has 1 unspecified atom stereocenters. The maximum atomic E-state index is 12.9. The van der Waals surface area contributed by atoms with Gasteiger partial charge in [0.2, 0.25) is 0 Å². The molecule has 0 amide bonds. The number of anilines is 1. The fraction of sp³-hybridized carbons (Fsp3) is 0.409. The summed E-state index contributed by atoms with van der Waals surface area (Å²) in [6.07, 6.45) is -3.44. The van der Waals surface area contributed by atoms with Crippen LogP contribution in [0.4, 0.5) is 18.9 Å². The minimum absolute atomic E-state index is 0. The minimum Gasteiger partial charge on any atom is -0.379 e. The summed E-state index contributed by atoms with van der Waals surface area (Å²) in [6.45, 7) is 4.95. The number of aryl methyl sites for hydroxylation is 1. The van der Waals surface area contributed by atoms with Crippen LogP contribution in [-0.2, 0) is 17.3 Å². The molecule has 9 heteroatoms. The molecular formula is C22H28F3IN4O. The van der Waals surface area contributed by atoms with Gasteiger partial charge >= 0.3 is 6.18 Å². The predicted molar refractivity (Wildman–Crippen MR) is 128 cm³/mol. The number of benzene rings is 2. The summed E-state index contributed by atoms with van der Waals surface area (Å²) in [7, 11) is 0. The molecule has 170 valence electrons. The molecule has 1 aliphatic rings. The molecule has 0 spiro atoms. The predicted octanol–water partition coefficient (Wildman–Crippen LogP) is 4.69. The highest BCUT2D eigenvalue weighted by molar-refractivity contribution is 14.0. The number of hydrogen-bond donors (Lipinski definition) is 2. The fourth-order valence-electron chi connectivity index (χ4n) is 3.46. The lowest BCUT2D eigenvalue weighted by molar-refractivity contribution is -0.137. The van der Waals surface area contributed by atoms with Crippen molar-refractivity contribution in [2.45, 2.75) is 25.6 Å². The van der Waals surface area contributed by atoms with Crippen molar-refractivity contribution >= 4 is 35.6 Å². The summed E-state index contributed by atoms with van der Waals surface area (Å²) in [5.74, 6) is 0.272. The van der Waals surface area contributed by atoms with Crippen LogP contribution in [0.2, 0.25) is 0 Å². The zero-order valence-electron chi connectivity index (χ0n) is 17.4. The summed E-state index contributed by atoms with van der Waals surface area (Å²) in [5, 5.41) is 3.09. The molecule has 1 atom stereocenters. The van der Waals surface area contributed by atoms with E-state index in [4.69, 9.17) is 10.5 Å². The van der Waals surface area contributed by atoms with E-state index in [-0.39, 0.29) is 36.0 Å². The molecule has 1 heterocycles. The molecule has 3 rings (SSSR count). The lowest BCUT2D eigenvalue weighted by atomic mass is 10.0. The number of halogens is 4. The summed E-state index contributed by atoms with van der Waals surface area (Å²) < 4.78 is 44.2. The molecule has 0 bridgehead atoms. The van der Waals surface area contributed by atoms with Gasteiger partial charge in [-0.15, -0.1) is 24.0 Å². The Bertz CT molecular complexity index is 853. The maximum absolute atomic E-state index is 12.9. The second kappa shape index (κ2) is 11.7. The first-order chi connectivity index (χ1) is 14.4. The summed E-state index contributed by atoms with van der Waals surface area (Å²) >= 11 is 0. The highest BCUT2D eigenvalue weighted by Gasteiger charge is 2.31. The van der Waals surface area contributed by atoms with Gasteiger partial charge in [0.05, 0.1) is 31.4 Å². The van der Waals surface area contributed by atoms with Crippen LogP contribution in [-0.4, -0.2) is 43.7 Å². The van der Waals surface area contributed by atoms with E-state index in [9.17, 15) is 13.2 Å². The van der Waals surface area contributed by atoms with Gasteiger partial charge in [-0.3, -0.25) is 9.89 Å². The van der Waals surface area contributed by atoms with Crippen molar-refractivity contribution in [3.63, 3.8) is 0 Å². The molecule has 1 fully saturated rings. The smallest absolute Gasteiger partial charge is 0.379 e. The number of nitrogens with two attached hydrogens (primary N) is 1. The molecule has 0 aromatic heterocycles. The van der Waals surface area contributed by atoms with E-state index in [2.05, 4.69) is 22.1 Å². The lowest BCUT2D eigenvalue weighted by Crippen LogP contribution is -2.40. The fourth-order valence-corrected chi connectivity index (χ4v) is 3.46. The summed E-state index contributed by atoms with van der Waals surface area (Å²) in [6, 6.07) is 13.0. The van der Waals surface area contributed by atoms with Gasteiger partial charge in [-0.25, -0.2) is 0 Å². The molecule has 1 saturated heterocycles. The molecule has 0 aliphatic carbocycles. The van der Waals surface area contributed by atoms with Gasteiger partial charge in [-0.2, -0.15) is 13.2 Å². The second-order valence-corrected chi connectivity index (χ2v) is 7.19. The molecule has 2 aromatic carbocycles.